The molecule has 1 aromatic carbocycles. The van der Waals surface area contributed by atoms with Crippen LogP contribution in [0.3, 0.4) is 0 Å². The summed E-state index contributed by atoms with van der Waals surface area (Å²) in [7, 11) is 0. The highest BCUT2D eigenvalue weighted by Crippen LogP contribution is 2.48. The maximum absolute atomic E-state index is 12.4. The first-order valence-electron chi connectivity index (χ1n) is 10.8. The number of rotatable bonds is 4. The average Bonchev–Trinajstić information content (AvgIpc) is 3.57. The van der Waals surface area contributed by atoms with E-state index in [1.807, 2.05) is 18.2 Å². The van der Waals surface area contributed by atoms with Crippen LogP contribution < -0.4 is 10.2 Å². The number of amides is 1. The number of nitrogens with one attached hydrogen (secondary N) is 2. The number of imidazole rings is 1. The van der Waals surface area contributed by atoms with Crippen molar-refractivity contribution in [1.82, 2.24) is 9.97 Å². The Hall–Kier alpha value is -3.80. The van der Waals surface area contributed by atoms with Crippen molar-refractivity contribution in [2.24, 2.45) is 0 Å². The van der Waals surface area contributed by atoms with Crippen molar-refractivity contribution in [1.29, 1.82) is 0 Å². The van der Waals surface area contributed by atoms with Crippen LogP contribution in [0.25, 0.3) is 0 Å². The van der Waals surface area contributed by atoms with Crippen LogP contribution in [0.1, 0.15) is 34.7 Å². The van der Waals surface area contributed by atoms with E-state index in [9.17, 15) is 18.0 Å². The molecule has 186 valence electrons. The van der Waals surface area contributed by atoms with E-state index in [1.165, 1.54) is 23.8 Å². The summed E-state index contributed by atoms with van der Waals surface area (Å²) in [6.45, 7) is 3.20. The summed E-state index contributed by atoms with van der Waals surface area (Å²) in [6.07, 6.45) is 1.61. The molecule has 0 bridgehead atoms. The van der Waals surface area contributed by atoms with Crippen molar-refractivity contribution in [2.75, 3.05) is 30.0 Å². The first-order valence-corrected chi connectivity index (χ1v) is 10.8. The lowest BCUT2D eigenvalue weighted by atomic mass is 9.76. The van der Waals surface area contributed by atoms with Crippen LogP contribution >= 0.6 is 0 Å². The summed E-state index contributed by atoms with van der Waals surface area (Å²) in [4.78, 5) is 30.4. The number of halogens is 3. The van der Waals surface area contributed by atoms with Gasteiger partial charge in [0, 0.05) is 36.5 Å². The highest BCUT2D eigenvalue weighted by molar-refractivity contribution is 6.02. The number of fused-ring (bicyclic) bond motifs is 2. The average molecular weight is 492 g/mol. The second-order valence-corrected chi connectivity index (χ2v) is 8.28. The number of aromatic amines is 1. The zero-order chi connectivity index (χ0) is 25.1. The van der Waals surface area contributed by atoms with Gasteiger partial charge in [0.1, 0.15) is 11.5 Å². The quantitative estimate of drug-likeness (QED) is 0.504. The number of aromatic nitrogens is 2. The number of H-pyrrole nitrogens is 1. The topological polar surface area (TPSA) is 121 Å². The molecule has 3 N–H and O–H groups in total. The van der Waals surface area contributed by atoms with E-state index < -0.39 is 12.1 Å². The number of carboxylic acid groups (broad SMARTS) is 1. The van der Waals surface area contributed by atoms with Crippen molar-refractivity contribution in [3.05, 3.63) is 66.1 Å². The molecule has 0 aliphatic carbocycles. The number of hydrogen-bond acceptors (Lipinski definition) is 6. The predicted octanol–water partition coefficient (Wildman–Crippen LogP) is 3.96. The zero-order valence-electron chi connectivity index (χ0n) is 18.5. The molecule has 0 unspecified atom stereocenters. The molecule has 4 heterocycles. The van der Waals surface area contributed by atoms with Crippen LogP contribution in [0.2, 0.25) is 0 Å². The molecule has 0 radical (unpaired) electrons. The van der Waals surface area contributed by atoms with E-state index in [0.717, 1.165) is 50.6 Å². The summed E-state index contributed by atoms with van der Waals surface area (Å²) < 4.78 is 42.9. The molecule has 9 nitrogen and oxygen atoms in total. The van der Waals surface area contributed by atoms with Gasteiger partial charge in [-0.3, -0.25) is 4.79 Å². The Kier molecular flexibility index (Phi) is 6.83. The van der Waals surface area contributed by atoms with E-state index in [0.29, 0.717) is 5.69 Å². The molecule has 35 heavy (non-hydrogen) atoms. The fourth-order valence-corrected chi connectivity index (χ4v) is 4.35. The van der Waals surface area contributed by atoms with Gasteiger partial charge >= 0.3 is 12.1 Å². The monoisotopic (exact) mass is 492 g/mol. The maximum atomic E-state index is 12.4. The summed E-state index contributed by atoms with van der Waals surface area (Å²) in [6, 6.07) is 10.1. The number of alkyl halides is 3. The molecule has 2 aliphatic rings. The van der Waals surface area contributed by atoms with Gasteiger partial charge in [-0.15, -0.1) is 0 Å². The predicted molar refractivity (Wildman–Crippen MR) is 118 cm³/mol. The van der Waals surface area contributed by atoms with Crippen LogP contribution in [0, 0.1) is 0 Å². The fourth-order valence-electron chi connectivity index (χ4n) is 4.35. The van der Waals surface area contributed by atoms with E-state index >= 15 is 0 Å². The lowest BCUT2D eigenvalue weighted by molar-refractivity contribution is -0.192. The molecule has 1 saturated heterocycles. The Bertz CT molecular complexity index is 1160. The molecule has 0 atom stereocenters. The van der Waals surface area contributed by atoms with Crippen molar-refractivity contribution in [2.45, 2.75) is 31.0 Å². The molecular formula is C23H23F3N4O5. The van der Waals surface area contributed by atoms with E-state index in [4.69, 9.17) is 19.1 Å². The molecule has 1 amide bonds. The van der Waals surface area contributed by atoms with Gasteiger partial charge in [-0.05, 0) is 48.7 Å². The first-order chi connectivity index (χ1) is 16.7. The van der Waals surface area contributed by atoms with Crippen LogP contribution in [0.4, 0.5) is 24.5 Å². The number of nitrogens with zero attached hydrogens (tertiary/aromatic N) is 2. The Morgan fingerprint density at radius 3 is 2.57 bits per heavy atom. The van der Waals surface area contributed by atoms with E-state index in [1.54, 1.807) is 6.26 Å². The number of carbonyl (C=O) groups is 2. The minimum Gasteiger partial charge on any atom is -0.475 e. The lowest BCUT2D eigenvalue weighted by Crippen LogP contribution is -2.38. The molecule has 3 aromatic rings. The molecule has 1 fully saturated rings. The Labute approximate surface area is 197 Å². The third-order valence-electron chi connectivity index (χ3n) is 6.02. The van der Waals surface area contributed by atoms with Gasteiger partial charge in [-0.1, -0.05) is 0 Å². The van der Waals surface area contributed by atoms with Crippen LogP contribution in [-0.4, -0.2) is 52.9 Å². The summed E-state index contributed by atoms with van der Waals surface area (Å²) in [5.74, 6) is -2.00. The number of benzene rings is 1. The Morgan fingerprint density at radius 1 is 1.23 bits per heavy atom. The number of aliphatic carboxylic acids is 1. The molecule has 2 aliphatic heterocycles. The van der Waals surface area contributed by atoms with Crippen LogP contribution in [0.15, 0.2) is 53.5 Å². The van der Waals surface area contributed by atoms with Gasteiger partial charge in [0.15, 0.2) is 0 Å². The van der Waals surface area contributed by atoms with Crippen LogP contribution in [-0.2, 0) is 21.5 Å². The second-order valence-electron chi connectivity index (χ2n) is 8.28. The van der Waals surface area contributed by atoms with Crippen molar-refractivity contribution < 1.29 is 37.0 Å². The summed E-state index contributed by atoms with van der Waals surface area (Å²) in [5.41, 5.74) is 3.78. The number of carbonyl (C=O) groups excluding carboxylic acids is 1. The summed E-state index contributed by atoms with van der Waals surface area (Å²) >= 11 is 0. The number of ether oxygens (including phenoxy) is 1. The summed E-state index contributed by atoms with van der Waals surface area (Å²) in [5, 5.41) is 10.1. The number of anilines is 2. The fraction of sp³-hybridized carbons (Fsp3) is 0.348. The van der Waals surface area contributed by atoms with Gasteiger partial charge in [0.2, 0.25) is 0 Å². The smallest absolute Gasteiger partial charge is 0.475 e. The van der Waals surface area contributed by atoms with Crippen molar-refractivity contribution in [3.8, 4) is 0 Å². The van der Waals surface area contributed by atoms with Crippen molar-refractivity contribution >= 4 is 23.3 Å². The highest BCUT2D eigenvalue weighted by atomic mass is 19.4. The molecule has 0 saturated carbocycles. The molecule has 2 aromatic heterocycles. The van der Waals surface area contributed by atoms with Gasteiger partial charge in [0.25, 0.3) is 5.91 Å². The lowest BCUT2D eigenvalue weighted by Gasteiger charge is -2.34. The van der Waals surface area contributed by atoms with E-state index in [-0.39, 0.29) is 11.3 Å². The van der Waals surface area contributed by atoms with Gasteiger partial charge in [-0.2, -0.15) is 13.2 Å². The third kappa shape index (κ3) is 5.48. The number of carboxylic acids is 1. The molecule has 5 rings (SSSR count). The van der Waals surface area contributed by atoms with Gasteiger partial charge in [0.05, 0.1) is 25.3 Å². The van der Waals surface area contributed by atoms with Crippen LogP contribution in [0.5, 0.6) is 0 Å². The van der Waals surface area contributed by atoms with Gasteiger partial charge < -0.3 is 29.5 Å². The molecule has 12 heteroatoms. The van der Waals surface area contributed by atoms with Gasteiger partial charge in [-0.25, -0.2) is 9.78 Å². The minimum absolute atomic E-state index is 0.0505. The normalized spacial score (nSPS) is 16.4. The minimum atomic E-state index is -5.08. The standard InChI is InChI=1S/C21H22N4O3.C2HF3O2/c26-20(18-11-22-14-23-18)24-15-3-4-19-17(10-15)21(5-8-27-9-6-21)13-25(19)12-16-2-1-7-28-16;3-2(4,5)1(6)7/h1-4,7,10-11,14H,5-6,8-9,12-13H2,(H,22,23)(H,24,26);(H,6,7). The second kappa shape index (κ2) is 9.82. The molecule has 1 spiro atoms. The van der Waals surface area contributed by atoms with Crippen molar-refractivity contribution in [3.63, 3.8) is 0 Å². The Balaban J connectivity index is 0.000000364. The highest BCUT2D eigenvalue weighted by Gasteiger charge is 2.44. The SMILES string of the molecule is O=C(Nc1ccc2c(c1)C1(CCOCC1)CN2Cc1ccco1)c1cnc[nH]1.O=C(O)C(F)(F)F. The molecular weight excluding hydrogens is 469 g/mol. The maximum Gasteiger partial charge on any atom is 0.490 e. The number of furan rings is 1. The Morgan fingerprint density at radius 2 is 1.97 bits per heavy atom. The third-order valence-corrected chi connectivity index (χ3v) is 6.02. The van der Waals surface area contributed by atoms with E-state index in [2.05, 4.69) is 32.3 Å². The number of hydrogen-bond donors (Lipinski definition) is 3. The first kappa shape index (κ1) is 24.3. The zero-order valence-corrected chi connectivity index (χ0v) is 18.5. The largest absolute Gasteiger partial charge is 0.490 e.